The van der Waals surface area contributed by atoms with Crippen molar-refractivity contribution in [1.82, 2.24) is 4.98 Å². The van der Waals surface area contributed by atoms with Gasteiger partial charge >= 0.3 is 0 Å². The number of fused-ring (bicyclic) bond motifs is 1. The van der Waals surface area contributed by atoms with Gasteiger partial charge in [0.25, 0.3) is 0 Å². The molecule has 29 heavy (non-hydrogen) atoms. The van der Waals surface area contributed by atoms with Crippen molar-refractivity contribution in [3.63, 3.8) is 0 Å². The fraction of sp³-hybridized carbons (Fsp3) is 0.0370. The van der Waals surface area contributed by atoms with Gasteiger partial charge in [-0.25, -0.2) is 0 Å². The smallest absolute Gasteiger partial charge is 0.184 e. The summed E-state index contributed by atoms with van der Waals surface area (Å²) in [6, 6.07) is 39.5. The van der Waals surface area contributed by atoms with E-state index in [0.29, 0.717) is 0 Å². The molecule has 0 aliphatic heterocycles. The lowest BCUT2D eigenvalue weighted by molar-refractivity contribution is 0.157. The number of hydrogen-bond donors (Lipinski definition) is 1. The first-order chi connectivity index (χ1) is 14.4. The molecule has 0 radical (unpaired) electrons. The van der Waals surface area contributed by atoms with Gasteiger partial charge in [0, 0.05) is 28.3 Å². The molecule has 1 aromatic heterocycles. The molecule has 2 heteroatoms. The van der Waals surface area contributed by atoms with Gasteiger partial charge in [-0.3, -0.25) is 0 Å². The van der Waals surface area contributed by atoms with Crippen molar-refractivity contribution < 1.29 is 4.74 Å². The summed E-state index contributed by atoms with van der Waals surface area (Å²) >= 11 is 0. The maximum absolute atomic E-state index is 7.00. The van der Waals surface area contributed by atoms with Crippen molar-refractivity contribution in [3.05, 3.63) is 138 Å². The van der Waals surface area contributed by atoms with E-state index >= 15 is 0 Å². The number of nitrogens with one attached hydrogen (secondary N) is 1. The highest BCUT2D eigenvalue weighted by atomic mass is 16.5. The van der Waals surface area contributed by atoms with Gasteiger partial charge in [-0.15, -0.1) is 0 Å². The molecule has 0 saturated heterocycles. The number of hydrogen-bond acceptors (Lipinski definition) is 1. The molecule has 0 atom stereocenters. The predicted molar refractivity (Wildman–Crippen MR) is 118 cm³/mol. The molecule has 0 unspecified atom stereocenters. The van der Waals surface area contributed by atoms with Gasteiger partial charge in [0.15, 0.2) is 5.60 Å². The molecule has 140 valence electrons. The topological polar surface area (TPSA) is 25.0 Å². The summed E-state index contributed by atoms with van der Waals surface area (Å²) < 4.78 is 7.00. The Kier molecular flexibility index (Phi) is 4.38. The van der Waals surface area contributed by atoms with Gasteiger partial charge in [0.1, 0.15) is 5.75 Å². The van der Waals surface area contributed by atoms with E-state index in [1.165, 1.54) is 0 Å². The van der Waals surface area contributed by atoms with Crippen LogP contribution >= 0.6 is 0 Å². The summed E-state index contributed by atoms with van der Waals surface area (Å²) in [4.78, 5) is 3.34. The molecule has 5 aromatic rings. The van der Waals surface area contributed by atoms with Crippen LogP contribution in [-0.2, 0) is 5.60 Å². The Hall–Kier alpha value is -3.78. The molecule has 1 heterocycles. The quantitative estimate of drug-likeness (QED) is 0.347. The minimum absolute atomic E-state index is 0.775. The second-order valence-corrected chi connectivity index (χ2v) is 7.08. The maximum Gasteiger partial charge on any atom is 0.184 e. The average molecular weight is 375 g/mol. The van der Waals surface area contributed by atoms with E-state index in [-0.39, 0.29) is 0 Å². The molecule has 0 aliphatic rings. The summed E-state index contributed by atoms with van der Waals surface area (Å²) in [6.45, 7) is 0. The SMILES string of the molecule is c1ccc(C(Oc2cccc3cc[nH]c23)(c2ccccc2)c2ccccc2)cc1. The number of benzene rings is 4. The van der Waals surface area contributed by atoms with Crippen LogP contribution in [0.2, 0.25) is 0 Å². The van der Waals surface area contributed by atoms with Crippen molar-refractivity contribution in [1.29, 1.82) is 0 Å². The van der Waals surface area contributed by atoms with Crippen LogP contribution in [0.5, 0.6) is 5.75 Å². The molecule has 1 N–H and O–H groups in total. The zero-order valence-corrected chi connectivity index (χ0v) is 16.0. The van der Waals surface area contributed by atoms with Crippen LogP contribution < -0.4 is 4.74 Å². The van der Waals surface area contributed by atoms with Crippen LogP contribution in [0.1, 0.15) is 16.7 Å². The Bertz CT molecular complexity index is 1110. The van der Waals surface area contributed by atoms with Crippen molar-refractivity contribution in [2.75, 3.05) is 0 Å². The van der Waals surface area contributed by atoms with E-state index in [4.69, 9.17) is 4.74 Å². The van der Waals surface area contributed by atoms with E-state index in [9.17, 15) is 0 Å². The Morgan fingerprint density at radius 1 is 0.517 bits per heavy atom. The van der Waals surface area contributed by atoms with E-state index in [2.05, 4.69) is 89.9 Å². The Morgan fingerprint density at radius 2 is 1.03 bits per heavy atom. The van der Waals surface area contributed by atoms with Gasteiger partial charge < -0.3 is 9.72 Å². The largest absolute Gasteiger partial charge is 0.471 e. The molecular weight excluding hydrogens is 354 g/mol. The van der Waals surface area contributed by atoms with Gasteiger partial charge in [-0.05, 0) is 12.1 Å². The highest BCUT2D eigenvalue weighted by Gasteiger charge is 2.39. The maximum atomic E-state index is 7.00. The second-order valence-electron chi connectivity index (χ2n) is 7.08. The molecule has 0 fully saturated rings. The summed E-state index contributed by atoms with van der Waals surface area (Å²) in [5.41, 5.74) is 3.48. The fourth-order valence-corrected chi connectivity index (χ4v) is 4.00. The van der Waals surface area contributed by atoms with Crippen LogP contribution in [0.15, 0.2) is 121 Å². The molecular formula is C27H21NO. The number of rotatable bonds is 5. The van der Waals surface area contributed by atoms with Crippen molar-refractivity contribution >= 4 is 10.9 Å². The van der Waals surface area contributed by atoms with E-state index in [1.807, 2.05) is 36.5 Å². The Labute approximate surface area is 170 Å². The van der Waals surface area contributed by atoms with E-state index < -0.39 is 5.60 Å². The molecule has 2 nitrogen and oxygen atoms in total. The van der Waals surface area contributed by atoms with Crippen molar-refractivity contribution in [2.24, 2.45) is 0 Å². The molecule has 4 aromatic carbocycles. The molecule has 0 saturated carbocycles. The predicted octanol–water partition coefficient (Wildman–Crippen LogP) is 6.54. The Balaban J connectivity index is 1.82. The number of H-pyrrole nitrogens is 1. The Morgan fingerprint density at radius 3 is 1.55 bits per heavy atom. The summed E-state index contributed by atoms with van der Waals surface area (Å²) in [7, 11) is 0. The summed E-state index contributed by atoms with van der Waals surface area (Å²) in [6.07, 6.45) is 1.95. The third-order valence-electron chi connectivity index (χ3n) is 5.35. The first-order valence-corrected chi connectivity index (χ1v) is 9.79. The van der Waals surface area contributed by atoms with E-state index in [0.717, 1.165) is 33.3 Å². The third kappa shape index (κ3) is 2.99. The highest BCUT2D eigenvalue weighted by Crippen LogP contribution is 2.42. The first-order valence-electron chi connectivity index (χ1n) is 9.79. The number of ether oxygens (including phenoxy) is 1. The van der Waals surface area contributed by atoms with Gasteiger partial charge in [-0.1, -0.05) is 103 Å². The number of para-hydroxylation sites is 1. The van der Waals surface area contributed by atoms with Crippen LogP contribution in [0, 0.1) is 0 Å². The van der Waals surface area contributed by atoms with Gasteiger partial charge in [-0.2, -0.15) is 0 Å². The minimum atomic E-state index is -0.775. The van der Waals surface area contributed by atoms with Crippen LogP contribution in [0.4, 0.5) is 0 Å². The molecule has 0 bridgehead atoms. The zero-order valence-electron chi connectivity index (χ0n) is 16.0. The van der Waals surface area contributed by atoms with E-state index in [1.54, 1.807) is 0 Å². The first kappa shape index (κ1) is 17.3. The lowest BCUT2D eigenvalue weighted by atomic mass is 9.80. The van der Waals surface area contributed by atoms with Gasteiger partial charge in [0.2, 0.25) is 0 Å². The monoisotopic (exact) mass is 375 g/mol. The molecule has 0 amide bonds. The normalized spacial score (nSPS) is 11.4. The number of aromatic nitrogens is 1. The summed E-state index contributed by atoms with van der Waals surface area (Å²) in [5, 5.41) is 1.13. The standard InChI is InChI=1S/C27H21NO/c1-4-12-22(13-5-1)27(23-14-6-2-7-15-23,24-16-8-3-9-17-24)29-25-18-10-11-21-19-20-28-26(21)25/h1-20,28H. The second kappa shape index (κ2) is 7.33. The van der Waals surface area contributed by atoms with Crippen LogP contribution in [-0.4, -0.2) is 4.98 Å². The fourth-order valence-electron chi connectivity index (χ4n) is 4.00. The zero-order chi connectivity index (χ0) is 19.5. The lowest BCUT2D eigenvalue weighted by Gasteiger charge is -2.36. The number of aromatic amines is 1. The van der Waals surface area contributed by atoms with Crippen LogP contribution in [0.25, 0.3) is 10.9 Å². The average Bonchev–Trinajstić information content (AvgIpc) is 3.29. The minimum Gasteiger partial charge on any atom is -0.471 e. The third-order valence-corrected chi connectivity index (χ3v) is 5.35. The van der Waals surface area contributed by atoms with Gasteiger partial charge in [0.05, 0.1) is 5.52 Å². The summed E-state index contributed by atoms with van der Waals surface area (Å²) in [5.74, 6) is 0.823. The lowest BCUT2D eigenvalue weighted by Crippen LogP contribution is -2.36. The van der Waals surface area contributed by atoms with Crippen molar-refractivity contribution in [3.8, 4) is 5.75 Å². The highest BCUT2D eigenvalue weighted by molar-refractivity contribution is 5.85. The van der Waals surface area contributed by atoms with Crippen LogP contribution in [0.3, 0.4) is 0 Å². The molecule has 5 rings (SSSR count). The molecule has 0 spiro atoms. The molecule has 0 aliphatic carbocycles. The van der Waals surface area contributed by atoms with Crippen molar-refractivity contribution in [2.45, 2.75) is 5.60 Å².